The van der Waals surface area contributed by atoms with Gasteiger partial charge in [0.15, 0.2) is 0 Å². The highest BCUT2D eigenvalue weighted by molar-refractivity contribution is 9.10. The molecule has 1 aromatic rings. The molecular formula is C9H16BrN3S. The van der Waals surface area contributed by atoms with Gasteiger partial charge in [-0.1, -0.05) is 0 Å². The van der Waals surface area contributed by atoms with Crippen molar-refractivity contribution in [1.82, 2.24) is 15.1 Å². The molecule has 1 atom stereocenters. The first-order chi connectivity index (χ1) is 6.74. The van der Waals surface area contributed by atoms with Crippen molar-refractivity contribution in [1.29, 1.82) is 0 Å². The average molecular weight is 278 g/mol. The van der Waals surface area contributed by atoms with Crippen molar-refractivity contribution in [3.63, 3.8) is 0 Å². The fourth-order valence-electron chi connectivity index (χ4n) is 1.44. The van der Waals surface area contributed by atoms with E-state index in [2.05, 4.69) is 39.5 Å². The van der Waals surface area contributed by atoms with Gasteiger partial charge in [-0.3, -0.25) is 4.68 Å². The van der Waals surface area contributed by atoms with E-state index in [1.807, 2.05) is 29.7 Å². The summed E-state index contributed by atoms with van der Waals surface area (Å²) in [7, 11) is 1.99. The van der Waals surface area contributed by atoms with Gasteiger partial charge in [-0.2, -0.15) is 16.9 Å². The minimum absolute atomic E-state index is 0.363. The topological polar surface area (TPSA) is 29.9 Å². The summed E-state index contributed by atoms with van der Waals surface area (Å²) in [6, 6.07) is 0.363. The summed E-state index contributed by atoms with van der Waals surface area (Å²) in [5.41, 5.74) is 1.24. The van der Waals surface area contributed by atoms with Gasteiger partial charge in [0.2, 0.25) is 0 Å². The van der Waals surface area contributed by atoms with Gasteiger partial charge in [0.1, 0.15) is 0 Å². The minimum Gasteiger partial charge on any atom is -0.311 e. The second-order valence-corrected chi connectivity index (χ2v) is 4.76. The third kappa shape index (κ3) is 2.52. The Labute approximate surface area is 97.8 Å². The lowest BCUT2D eigenvalue weighted by Crippen LogP contribution is -2.22. The molecule has 0 spiro atoms. The molecule has 0 amide bonds. The van der Waals surface area contributed by atoms with Crippen molar-refractivity contribution in [3.05, 3.63) is 16.4 Å². The quantitative estimate of drug-likeness (QED) is 0.896. The minimum atomic E-state index is 0.363. The van der Waals surface area contributed by atoms with E-state index in [1.54, 1.807) is 0 Å². The van der Waals surface area contributed by atoms with Crippen LogP contribution in [0.5, 0.6) is 0 Å². The number of rotatable bonds is 5. The summed E-state index contributed by atoms with van der Waals surface area (Å²) in [4.78, 5) is 0. The van der Waals surface area contributed by atoms with Gasteiger partial charge in [-0.25, -0.2) is 0 Å². The van der Waals surface area contributed by atoms with Crippen LogP contribution < -0.4 is 5.32 Å². The second-order valence-electron chi connectivity index (χ2n) is 2.99. The molecule has 3 nitrogen and oxygen atoms in total. The van der Waals surface area contributed by atoms with E-state index in [9.17, 15) is 0 Å². The zero-order valence-electron chi connectivity index (χ0n) is 8.75. The van der Waals surface area contributed by atoms with Crippen LogP contribution in [0.1, 0.15) is 18.7 Å². The maximum atomic E-state index is 4.31. The molecular weight excluding hydrogens is 262 g/mol. The molecule has 80 valence electrons. The summed E-state index contributed by atoms with van der Waals surface area (Å²) in [5, 5.41) is 7.62. The van der Waals surface area contributed by atoms with Crippen molar-refractivity contribution in [2.75, 3.05) is 19.1 Å². The van der Waals surface area contributed by atoms with Crippen LogP contribution in [0, 0.1) is 0 Å². The van der Waals surface area contributed by atoms with E-state index in [1.165, 1.54) is 5.69 Å². The molecule has 14 heavy (non-hydrogen) atoms. The van der Waals surface area contributed by atoms with Gasteiger partial charge >= 0.3 is 0 Å². The molecule has 1 heterocycles. The number of nitrogens with zero attached hydrogens (tertiary/aromatic N) is 2. The molecule has 0 aromatic carbocycles. The Balaban J connectivity index is 2.94. The number of hydrogen-bond donors (Lipinski definition) is 1. The fourth-order valence-corrected chi connectivity index (χ4v) is 2.67. The van der Waals surface area contributed by atoms with Gasteiger partial charge in [0.25, 0.3) is 0 Å². The van der Waals surface area contributed by atoms with Crippen LogP contribution in [0.25, 0.3) is 0 Å². The molecule has 0 radical (unpaired) electrons. The van der Waals surface area contributed by atoms with E-state index in [0.717, 1.165) is 16.8 Å². The largest absolute Gasteiger partial charge is 0.311 e. The number of aryl methyl sites for hydroxylation is 1. The monoisotopic (exact) mass is 277 g/mol. The molecule has 0 bridgehead atoms. The fraction of sp³-hybridized carbons (Fsp3) is 0.667. The molecule has 1 N–H and O–H groups in total. The number of nitrogens with one attached hydrogen (secondary N) is 1. The van der Waals surface area contributed by atoms with Crippen molar-refractivity contribution in [2.45, 2.75) is 19.5 Å². The maximum Gasteiger partial charge on any atom is 0.0703 e. The second kappa shape index (κ2) is 5.78. The van der Waals surface area contributed by atoms with E-state index >= 15 is 0 Å². The Kier molecular flexibility index (Phi) is 4.98. The van der Waals surface area contributed by atoms with Crippen LogP contribution in [0.2, 0.25) is 0 Å². The predicted octanol–water partition coefficient (Wildman–Crippen LogP) is 2.29. The summed E-state index contributed by atoms with van der Waals surface area (Å²) >= 11 is 5.37. The summed E-state index contributed by atoms with van der Waals surface area (Å²) in [6.07, 6.45) is 3.98. The molecule has 0 aliphatic rings. The Morgan fingerprint density at radius 1 is 1.71 bits per heavy atom. The van der Waals surface area contributed by atoms with Gasteiger partial charge in [-0.05, 0) is 36.2 Å². The zero-order valence-corrected chi connectivity index (χ0v) is 11.2. The predicted molar refractivity (Wildman–Crippen MR) is 65.8 cm³/mol. The first-order valence-corrected chi connectivity index (χ1v) is 6.80. The molecule has 0 fully saturated rings. The van der Waals surface area contributed by atoms with Crippen molar-refractivity contribution in [2.24, 2.45) is 0 Å². The standard InChI is InChI=1S/C9H16BrN3S/c1-4-13-9(7(10)5-12-13)8(11-2)6-14-3/h5,8,11H,4,6H2,1-3H3. The highest BCUT2D eigenvalue weighted by Gasteiger charge is 2.17. The van der Waals surface area contributed by atoms with E-state index in [4.69, 9.17) is 0 Å². The summed E-state index contributed by atoms with van der Waals surface area (Å²) in [6.45, 7) is 3.02. The van der Waals surface area contributed by atoms with E-state index in [-0.39, 0.29) is 0 Å². The molecule has 5 heteroatoms. The first-order valence-electron chi connectivity index (χ1n) is 4.62. The van der Waals surface area contributed by atoms with E-state index < -0.39 is 0 Å². The third-order valence-corrected chi connectivity index (χ3v) is 3.42. The highest BCUT2D eigenvalue weighted by atomic mass is 79.9. The third-order valence-electron chi connectivity index (χ3n) is 2.14. The van der Waals surface area contributed by atoms with Crippen molar-refractivity contribution >= 4 is 27.7 Å². The van der Waals surface area contributed by atoms with E-state index in [0.29, 0.717) is 6.04 Å². The van der Waals surface area contributed by atoms with Crippen LogP contribution >= 0.6 is 27.7 Å². The molecule has 1 aromatic heterocycles. The van der Waals surface area contributed by atoms with Crippen LogP contribution in [-0.2, 0) is 6.54 Å². The van der Waals surface area contributed by atoms with Crippen LogP contribution in [-0.4, -0.2) is 28.8 Å². The van der Waals surface area contributed by atoms with Crippen LogP contribution in [0.15, 0.2) is 10.7 Å². The molecule has 0 saturated heterocycles. The van der Waals surface area contributed by atoms with Gasteiger partial charge in [-0.15, -0.1) is 0 Å². The summed E-state index contributed by atoms with van der Waals surface area (Å²) < 4.78 is 3.12. The molecule has 0 aliphatic carbocycles. The number of hydrogen-bond acceptors (Lipinski definition) is 3. The number of aromatic nitrogens is 2. The van der Waals surface area contributed by atoms with Gasteiger partial charge < -0.3 is 5.32 Å². The SMILES string of the molecule is CCn1ncc(Br)c1C(CSC)NC. The lowest BCUT2D eigenvalue weighted by Gasteiger charge is -2.16. The van der Waals surface area contributed by atoms with Crippen LogP contribution in [0.3, 0.4) is 0 Å². The van der Waals surface area contributed by atoms with Gasteiger partial charge in [0, 0.05) is 12.3 Å². The van der Waals surface area contributed by atoms with Crippen LogP contribution in [0.4, 0.5) is 0 Å². The first kappa shape index (κ1) is 12.1. The Morgan fingerprint density at radius 2 is 2.43 bits per heavy atom. The zero-order chi connectivity index (χ0) is 10.6. The highest BCUT2D eigenvalue weighted by Crippen LogP contribution is 2.25. The van der Waals surface area contributed by atoms with Crippen molar-refractivity contribution in [3.8, 4) is 0 Å². The molecule has 1 unspecified atom stereocenters. The smallest absolute Gasteiger partial charge is 0.0703 e. The maximum absolute atomic E-state index is 4.31. The lowest BCUT2D eigenvalue weighted by atomic mass is 10.2. The summed E-state index contributed by atoms with van der Waals surface area (Å²) in [5.74, 6) is 1.06. The lowest BCUT2D eigenvalue weighted by molar-refractivity contribution is 0.547. The Morgan fingerprint density at radius 3 is 2.93 bits per heavy atom. The molecule has 1 rings (SSSR count). The molecule has 0 aliphatic heterocycles. The normalized spacial score (nSPS) is 13.1. The van der Waals surface area contributed by atoms with Gasteiger partial charge in [0.05, 0.1) is 22.4 Å². The molecule has 0 saturated carbocycles. The number of thioether (sulfide) groups is 1. The van der Waals surface area contributed by atoms with Crippen molar-refractivity contribution < 1.29 is 0 Å². The average Bonchev–Trinajstić information content (AvgIpc) is 2.56. The Bertz CT molecular complexity index is 288. The Hall–Kier alpha value is -0.0000000000000000763. The number of halogens is 1.